The SMILES string of the molecule is N#CC1(NC(=O)C(Cl)=C(Cl)C(=O)O)CCCCC1. The Kier molecular flexibility index (Phi) is 5.00. The topological polar surface area (TPSA) is 90.2 Å². The molecule has 5 nitrogen and oxygen atoms in total. The molecule has 0 bridgehead atoms. The van der Waals surface area contributed by atoms with Crippen LogP contribution >= 0.6 is 23.2 Å². The van der Waals surface area contributed by atoms with Crippen LogP contribution in [0.1, 0.15) is 32.1 Å². The van der Waals surface area contributed by atoms with Crippen molar-refractivity contribution in [2.75, 3.05) is 0 Å². The fourth-order valence-corrected chi connectivity index (χ4v) is 2.10. The summed E-state index contributed by atoms with van der Waals surface area (Å²) in [7, 11) is 0. The van der Waals surface area contributed by atoms with E-state index >= 15 is 0 Å². The average molecular weight is 291 g/mol. The number of carbonyl (C=O) groups is 2. The molecule has 1 fully saturated rings. The van der Waals surface area contributed by atoms with Crippen molar-refractivity contribution in [3.8, 4) is 6.07 Å². The van der Waals surface area contributed by atoms with Gasteiger partial charge in [-0.05, 0) is 12.8 Å². The van der Waals surface area contributed by atoms with Gasteiger partial charge < -0.3 is 10.4 Å². The Hall–Kier alpha value is -1.25. The highest BCUT2D eigenvalue weighted by Gasteiger charge is 2.34. The molecule has 1 saturated carbocycles. The number of hydrogen-bond donors (Lipinski definition) is 2. The summed E-state index contributed by atoms with van der Waals surface area (Å²) in [5.74, 6) is -2.31. The maximum atomic E-state index is 11.7. The second-order valence-corrected chi connectivity index (χ2v) is 4.90. The summed E-state index contributed by atoms with van der Waals surface area (Å²) < 4.78 is 0. The van der Waals surface area contributed by atoms with Gasteiger partial charge in [-0.2, -0.15) is 5.26 Å². The summed E-state index contributed by atoms with van der Waals surface area (Å²) in [4.78, 5) is 22.3. The number of rotatable bonds is 3. The molecule has 7 heteroatoms. The van der Waals surface area contributed by atoms with Crippen molar-refractivity contribution in [3.63, 3.8) is 0 Å². The average Bonchev–Trinajstić information content (AvgIpc) is 2.37. The van der Waals surface area contributed by atoms with Gasteiger partial charge in [-0.3, -0.25) is 4.79 Å². The van der Waals surface area contributed by atoms with E-state index in [-0.39, 0.29) is 0 Å². The lowest BCUT2D eigenvalue weighted by molar-refractivity contribution is -0.132. The zero-order chi connectivity index (χ0) is 13.8. The van der Waals surface area contributed by atoms with Crippen LogP contribution in [0.2, 0.25) is 0 Å². The third-order valence-corrected chi connectivity index (χ3v) is 3.66. The van der Waals surface area contributed by atoms with Crippen molar-refractivity contribution < 1.29 is 14.7 Å². The second-order valence-electron chi connectivity index (χ2n) is 4.14. The minimum Gasteiger partial charge on any atom is -0.477 e. The van der Waals surface area contributed by atoms with Gasteiger partial charge in [-0.15, -0.1) is 0 Å². The number of carboxylic acid groups (broad SMARTS) is 1. The monoisotopic (exact) mass is 290 g/mol. The molecule has 2 N–H and O–H groups in total. The van der Waals surface area contributed by atoms with Gasteiger partial charge in [0.25, 0.3) is 5.91 Å². The summed E-state index contributed by atoms with van der Waals surface area (Å²) in [5.41, 5.74) is -0.967. The lowest BCUT2D eigenvalue weighted by atomic mass is 9.83. The molecule has 1 amide bonds. The molecule has 0 aliphatic heterocycles. The zero-order valence-electron chi connectivity index (χ0n) is 9.50. The molecule has 0 saturated heterocycles. The van der Waals surface area contributed by atoms with Crippen molar-refractivity contribution in [2.45, 2.75) is 37.6 Å². The summed E-state index contributed by atoms with van der Waals surface area (Å²) in [5, 5.41) is 18.9. The van der Waals surface area contributed by atoms with Crippen LogP contribution in [-0.4, -0.2) is 22.5 Å². The van der Waals surface area contributed by atoms with Crippen LogP contribution in [0.25, 0.3) is 0 Å². The second kappa shape index (κ2) is 6.07. The van der Waals surface area contributed by atoms with Gasteiger partial charge in [-0.1, -0.05) is 42.5 Å². The molecule has 0 heterocycles. The summed E-state index contributed by atoms with van der Waals surface area (Å²) in [6.07, 6.45) is 3.75. The standard InChI is InChI=1S/C11H12Cl2N2O3/c12-7(8(13)10(17)18)9(16)15-11(6-14)4-2-1-3-5-11/h1-5H2,(H,15,16)(H,17,18). The number of aliphatic carboxylic acids is 1. The number of hydrogen-bond acceptors (Lipinski definition) is 3. The number of carboxylic acids is 1. The molecular weight excluding hydrogens is 279 g/mol. The maximum absolute atomic E-state index is 11.7. The first-order valence-corrected chi connectivity index (χ1v) is 6.20. The number of halogens is 2. The molecule has 1 aliphatic rings. The molecule has 0 radical (unpaired) electrons. The Morgan fingerprint density at radius 3 is 2.17 bits per heavy atom. The summed E-state index contributed by atoms with van der Waals surface area (Å²) >= 11 is 10.9. The summed E-state index contributed by atoms with van der Waals surface area (Å²) in [6, 6.07) is 2.07. The lowest BCUT2D eigenvalue weighted by Gasteiger charge is -2.31. The van der Waals surface area contributed by atoms with E-state index in [0.717, 1.165) is 19.3 Å². The molecule has 18 heavy (non-hydrogen) atoms. The number of amides is 1. The van der Waals surface area contributed by atoms with Crippen molar-refractivity contribution in [1.29, 1.82) is 5.26 Å². The largest absolute Gasteiger partial charge is 0.477 e. The highest BCUT2D eigenvalue weighted by Crippen LogP contribution is 2.28. The summed E-state index contributed by atoms with van der Waals surface area (Å²) in [6.45, 7) is 0. The van der Waals surface area contributed by atoms with E-state index in [4.69, 9.17) is 33.6 Å². The number of nitrogens with one attached hydrogen (secondary N) is 1. The highest BCUT2D eigenvalue weighted by molar-refractivity contribution is 6.53. The van der Waals surface area contributed by atoms with Crippen LogP contribution in [0.3, 0.4) is 0 Å². The molecule has 0 spiro atoms. The van der Waals surface area contributed by atoms with E-state index in [1.807, 2.05) is 0 Å². The van der Waals surface area contributed by atoms with E-state index in [1.54, 1.807) is 0 Å². The fourth-order valence-electron chi connectivity index (χ4n) is 1.89. The number of carbonyl (C=O) groups excluding carboxylic acids is 1. The smallest absolute Gasteiger partial charge is 0.349 e. The van der Waals surface area contributed by atoms with E-state index < -0.39 is 27.5 Å². The first kappa shape index (κ1) is 14.8. The molecule has 0 atom stereocenters. The van der Waals surface area contributed by atoms with Gasteiger partial charge in [0.15, 0.2) is 0 Å². The molecule has 1 aliphatic carbocycles. The quantitative estimate of drug-likeness (QED) is 0.779. The van der Waals surface area contributed by atoms with Crippen LogP contribution in [0, 0.1) is 11.3 Å². The van der Waals surface area contributed by atoms with Gasteiger partial charge in [-0.25, -0.2) is 4.79 Å². The van der Waals surface area contributed by atoms with E-state index in [0.29, 0.717) is 12.8 Å². The predicted molar refractivity (Wildman–Crippen MR) is 65.9 cm³/mol. The van der Waals surface area contributed by atoms with Gasteiger partial charge in [0.1, 0.15) is 15.6 Å². The number of nitriles is 1. The number of nitrogens with zero attached hydrogens (tertiary/aromatic N) is 1. The van der Waals surface area contributed by atoms with Crippen LogP contribution < -0.4 is 5.32 Å². The Morgan fingerprint density at radius 1 is 1.17 bits per heavy atom. The Labute approximate surface area is 114 Å². The molecule has 98 valence electrons. The minimum absolute atomic E-state index is 0.532. The van der Waals surface area contributed by atoms with E-state index in [2.05, 4.69) is 11.4 Å². The third kappa shape index (κ3) is 3.37. The molecule has 1 rings (SSSR count). The van der Waals surface area contributed by atoms with E-state index in [1.165, 1.54) is 0 Å². The Morgan fingerprint density at radius 2 is 1.72 bits per heavy atom. The van der Waals surface area contributed by atoms with Crippen molar-refractivity contribution >= 4 is 35.1 Å². The van der Waals surface area contributed by atoms with Crippen molar-refractivity contribution in [1.82, 2.24) is 5.32 Å². The zero-order valence-corrected chi connectivity index (χ0v) is 11.0. The normalized spacial score (nSPS) is 19.4. The van der Waals surface area contributed by atoms with Gasteiger partial charge >= 0.3 is 5.97 Å². The predicted octanol–water partition coefficient (Wildman–Crippen LogP) is 2.10. The molecular formula is C11H12Cl2N2O3. The Balaban J connectivity index is 2.84. The van der Waals surface area contributed by atoms with Gasteiger partial charge in [0.2, 0.25) is 0 Å². The highest BCUT2D eigenvalue weighted by atomic mass is 35.5. The van der Waals surface area contributed by atoms with E-state index in [9.17, 15) is 9.59 Å². The maximum Gasteiger partial charge on any atom is 0.349 e. The van der Waals surface area contributed by atoms with Gasteiger partial charge in [0.05, 0.1) is 6.07 Å². The van der Waals surface area contributed by atoms with Crippen LogP contribution in [-0.2, 0) is 9.59 Å². The molecule has 0 aromatic carbocycles. The van der Waals surface area contributed by atoms with Crippen LogP contribution in [0.5, 0.6) is 0 Å². The van der Waals surface area contributed by atoms with Crippen molar-refractivity contribution in [3.05, 3.63) is 10.1 Å². The molecule has 0 unspecified atom stereocenters. The van der Waals surface area contributed by atoms with Crippen LogP contribution in [0.15, 0.2) is 10.1 Å². The third-order valence-electron chi connectivity index (χ3n) is 2.85. The van der Waals surface area contributed by atoms with Crippen molar-refractivity contribution in [2.24, 2.45) is 0 Å². The Bertz CT molecular complexity index is 434. The van der Waals surface area contributed by atoms with Gasteiger partial charge in [0, 0.05) is 0 Å². The molecule has 0 aromatic heterocycles. The first-order chi connectivity index (χ1) is 8.42. The lowest BCUT2D eigenvalue weighted by Crippen LogP contribution is -2.48. The minimum atomic E-state index is -1.48. The van der Waals surface area contributed by atoms with Crippen LogP contribution in [0.4, 0.5) is 0 Å². The fraction of sp³-hybridized carbons (Fsp3) is 0.545. The first-order valence-electron chi connectivity index (χ1n) is 5.44. The molecule has 0 aromatic rings.